The quantitative estimate of drug-likeness (QED) is 0.741. The molecular weight excluding hydrogens is 353 g/mol. The van der Waals surface area contributed by atoms with Crippen molar-refractivity contribution in [1.82, 2.24) is 19.6 Å². The van der Waals surface area contributed by atoms with Gasteiger partial charge in [0.25, 0.3) is 5.56 Å². The van der Waals surface area contributed by atoms with Gasteiger partial charge in [-0.2, -0.15) is 23.4 Å². The molecule has 2 aromatic heterocycles. The lowest BCUT2D eigenvalue weighted by Gasteiger charge is -2.07. The Morgan fingerprint density at radius 3 is 2.46 bits per heavy atom. The molecule has 0 spiro atoms. The average molecular weight is 368 g/mol. The van der Waals surface area contributed by atoms with E-state index in [1.807, 2.05) is 0 Å². The number of nitrogens with zero attached hydrogens (tertiary/aromatic N) is 4. The molecular formula is C16H15F3N4O3. The molecule has 1 N–H and O–H groups in total. The number of benzene rings is 1. The van der Waals surface area contributed by atoms with Crippen LogP contribution in [-0.4, -0.2) is 38.4 Å². The first-order chi connectivity index (χ1) is 12.3. The van der Waals surface area contributed by atoms with Crippen molar-refractivity contribution in [3.63, 3.8) is 0 Å². The van der Waals surface area contributed by atoms with Crippen LogP contribution in [0.3, 0.4) is 0 Å². The summed E-state index contributed by atoms with van der Waals surface area (Å²) in [6.07, 6.45) is -3.64. The molecule has 0 radical (unpaired) electrons. The lowest BCUT2D eigenvalue weighted by atomic mass is 10.2. The summed E-state index contributed by atoms with van der Waals surface area (Å²) in [5, 5.41) is 15.8. The van der Waals surface area contributed by atoms with E-state index in [0.29, 0.717) is 11.3 Å². The van der Waals surface area contributed by atoms with Crippen molar-refractivity contribution in [2.24, 2.45) is 0 Å². The molecule has 2 heterocycles. The number of hydrogen-bond donors (Lipinski definition) is 1. The van der Waals surface area contributed by atoms with Gasteiger partial charge in [-0.25, -0.2) is 4.68 Å². The Bertz CT molecular complexity index is 977. The molecule has 0 amide bonds. The molecule has 10 heteroatoms. The van der Waals surface area contributed by atoms with Crippen LogP contribution in [0.2, 0.25) is 0 Å². The van der Waals surface area contributed by atoms with Crippen molar-refractivity contribution < 1.29 is 23.0 Å². The van der Waals surface area contributed by atoms with Gasteiger partial charge in [0, 0.05) is 0 Å². The van der Waals surface area contributed by atoms with Crippen molar-refractivity contribution >= 4 is 10.9 Å². The second-order valence-corrected chi connectivity index (χ2v) is 5.51. The zero-order valence-electron chi connectivity index (χ0n) is 13.7. The molecule has 3 rings (SSSR count). The molecule has 26 heavy (non-hydrogen) atoms. The fraction of sp³-hybridized carbons (Fsp3) is 0.312. The Balaban J connectivity index is 2.10. The number of aromatic nitrogens is 4. The molecule has 1 aromatic carbocycles. The van der Waals surface area contributed by atoms with E-state index >= 15 is 0 Å². The van der Waals surface area contributed by atoms with E-state index in [1.165, 1.54) is 7.11 Å². The van der Waals surface area contributed by atoms with Crippen molar-refractivity contribution in [2.75, 3.05) is 13.7 Å². The smallest absolute Gasteiger partial charge is 0.435 e. The van der Waals surface area contributed by atoms with Gasteiger partial charge < -0.3 is 9.84 Å². The summed E-state index contributed by atoms with van der Waals surface area (Å²) in [5.41, 5.74) is -1.56. The maximum Gasteiger partial charge on any atom is 0.435 e. The highest BCUT2D eigenvalue weighted by atomic mass is 19.4. The van der Waals surface area contributed by atoms with Crippen LogP contribution < -0.4 is 10.3 Å². The zero-order valence-corrected chi connectivity index (χ0v) is 13.7. The molecule has 0 saturated carbocycles. The van der Waals surface area contributed by atoms with Gasteiger partial charge in [-0.1, -0.05) is 12.1 Å². The van der Waals surface area contributed by atoms with E-state index in [2.05, 4.69) is 10.2 Å². The van der Waals surface area contributed by atoms with Crippen LogP contribution in [0.15, 0.2) is 35.3 Å². The number of halogens is 3. The largest absolute Gasteiger partial charge is 0.497 e. The number of methoxy groups -OCH3 is 1. The predicted octanol–water partition coefficient (Wildman–Crippen LogP) is 1.66. The van der Waals surface area contributed by atoms with Crippen molar-refractivity contribution in [3.8, 4) is 5.75 Å². The fourth-order valence-electron chi connectivity index (χ4n) is 2.60. The van der Waals surface area contributed by atoms with Crippen LogP contribution in [-0.2, 0) is 19.3 Å². The Hall–Kier alpha value is -2.88. The van der Waals surface area contributed by atoms with Crippen LogP contribution in [0.25, 0.3) is 10.9 Å². The first-order valence-corrected chi connectivity index (χ1v) is 7.62. The van der Waals surface area contributed by atoms with E-state index in [-0.39, 0.29) is 18.6 Å². The van der Waals surface area contributed by atoms with E-state index in [0.717, 1.165) is 15.6 Å². The third kappa shape index (κ3) is 3.27. The first kappa shape index (κ1) is 17.9. The molecule has 3 aromatic rings. The van der Waals surface area contributed by atoms with Gasteiger partial charge in [-0.15, -0.1) is 0 Å². The minimum absolute atomic E-state index is 0.00123. The SMILES string of the molecule is COc1ccc(Cn2ncc3c(c(C(F)(F)F)nn3CCO)c2=O)cc1. The van der Waals surface area contributed by atoms with E-state index in [1.54, 1.807) is 24.3 Å². The van der Waals surface area contributed by atoms with Crippen LogP contribution in [0.4, 0.5) is 13.2 Å². The van der Waals surface area contributed by atoms with Gasteiger partial charge in [0.1, 0.15) is 11.1 Å². The maximum absolute atomic E-state index is 13.3. The van der Waals surface area contributed by atoms with Crippen molar-refractivity contribution in [3.05, 3.63) is 52.1 Å². The fourth-order valence-corrected chi connectivity index (χ4v) is 2.60. The highest BCUT2D eigenvalue weighted by Gasteiger charge is 2.38. The average Bonchev–Trinajstić information content (AvgIpc) is 2.98. The van der Waals surface area contributed by atoms with Crippen LogP contribution >= 0.6 is 0 Å². The van der Waals surface area contributed by atoms with Crippen LogP contribution in [0, 0.1) is 0 Å². The Kier molecular flexibility index (Phi) is 4.68. The number of hydrogen-bond acceptors (Lipinski definition) is 5. The number of rotatable bonds is 5. The molecule has 0 aliphatic heterocycles. The summed E-state index contributed by atoms with van der Waals surface area (Å²) in [6, 6.07) is 6.74. The predicted molar refractivity (Wildman–Crippen MR) is 86.0 cm³/mol. The Morgan fingerprint density at radius 1 is 1.19 bits per heavy atom. The minimum Gasteiger partial charge on any atom is -0.497 e. The van der Waals surface area contributed by atoms with Crippen molar-refractivity contribution in [2.45, 2.75) is 19.3 Å². The van der Waals surface area contributed by atoms with Crippen LogP contribution in [0.5, 0.6) is 5.75 Å². The number of aliphatic hydroxyl groups is 1. The molecule has 0 atom stereocenters. The van der Waals surface area contributed by atoms with E-state index < -0.39 is 29.4 Å². The molecule has 7 nitrogen and oxygen atoms in total. The molecule has 0 fully saturated rings. The van der Waals surface area contributed by atoms with Gasteiger partial charge >= 0.3 is 6.18 Å². The molecule has 0 bridgehead atoms. The summed E-state index contributed by atoms with van der Waals surface area (Å²) in [6.45, 7) is -0.583. The summed E-state index contributed by atoms with van der Waals surface area (Å²) in [7, 11) is 1.51. The second kappa shape index (κ2) is 6.79. The summed E-state index contributed by atoms with van der Waals surface area (Å²) < 4.78 is 46.7. The lowest BCUT2D eigenvalue weighted by Crippen LogP contribution is -2.24. The number of aliphatic hydroxyl groups excluding tert-OH is 1. The van der Waals surface area contributed by atoms with E-state index in [9.17, 15) is 18.0 Å². The third-order valence-corrected chi connectivity index (χ3v) is 3.83. The third-order valence-electron chi connectivity index (χ3n) is 3.83. The molecule has 0 saturated heterocycles. The second-order valence-electron chi connectivity index (χ2n) is 5.51. The van der Waals surface area contributed by atoms with Gasteiger partial charge in [0.15, 0.2) is 5.69 Å². The Morgan fingerprint density at radius 2 is 1.88 bits per heavy atom. The maximum atomic E-state index is 13.3. The van der Waals surface area contributed by atoms with E-state index in [4.69, 9.17) is 9.84 Å². The lowest BCUT2D eigenvalue weighted by molar-refractivity contribution is -0.140. The molecule has 0 unspecified atom stereocenters. The zero-order chi connectivity index (χ0) is 18.9. The van der Waals surface area contributed by atoms with Gasteiger partial charge in [-0.3, -0.25) is 9.48 Å². The highest BCUT2D eigenvalue weighted by molar-refractivity contribution is 5.80. The first-order valence-electron chi connectivity index (χ1n) is 7.62. The minimum atomic E-state index is -4.79. The molecule has 0 aliphatic rings. The molecule has 138 valence electrons. The molecule has 0 aliphatic carbocycles. The standard InChI is InChI=1S/C16H15F3N4O3/c1-26-11-4-2-10(3-5-11)9-23-15(25)13-12(8-20-23)22(6-7-24)21-14(13)16(17,18)19/h2-5,8,24H,6-7,9H2,1H3. The van der Waals surface area contributed by atoms with Gasteiger partial charge in [0.05, 0.1) is 38.5 Å². The van der Waals surface area contributed by atoms with Gasteiger partial charge in [0.2, 0.25) is 0 Å². The highest BCUT2D eigenvalue weighted by Crippen LogP contribution is 2.32. The summed E-state index contributed by atoms with van der Waals surface area (Å²) in [5.74, 6) is 0.620. The summed E-state index contributed by atoms with van der Waals surface area (Å²) in [4.78, 5) is 12.6. The van der Waals surface area contributed by atoms with Crippen molar-refractivity contribution in [1.29, 1.82) is 0 Å². The Labute approximate surface area is 145 Å². The van der Waals surface area contributed by atoms with Gasteiger partial charge in [-0.05, 0) is 17.7 Å². The number of alkyl halides is 3. The monoisotopic (exact) mass is 368 g/mol. The topological polar surface area (TPSA) is 82.2 Å². The normalized spacial score (nSPS) is 11.9. The number of fused-ring (bicyclic) bond motifs is 1. The summed E-state index contributed by atoms with van der Waals surface area (Å²) >= 11 is 0. The number of ether oxygens (including phenoxy) is 1. The van der Waals surface area contributed by atoms with Crippen LogP contribution in [0.1, 0.15) is 11.3 Å².